The summed E-state index contributed by atoms with van der Waals surface area (Å²) in [6.45, 7) is 0.674. The first kappa shape index (κ1) is 18.2. The zero-order chi connectivity index (χ0) is 18.5. The van der Waals surface area contributed by atoms with Crippen molar-refractivity contribution >= 4 is 40.7 Å². The van der Waals surface area contributed by atoms with Crippen molar-refractivity contribution < 1.29 is 4.79 Å². The zero-order valence-corrected chi connectivity index (χ0v) is 15.5. The first-order valence-electron chi connectivity index (χ1n) is 7.86. The smallest absolute Gasteiger partial charge is 0.258 e. The van der Waals surface area contributed by atoms with Gasteiger partial charge in [-0.25, -0.2) is 9.97 Å². The maximum atomic E-state index is 12.3. The van der Waals surface area contributed by atoms with Crippen LogP contribution in [0.2, 0.25) is 10.0 Å². The predicted molar refractivity (Wildman–Crippen MR) is 105 cm³/mol. The third-order valence-corrected chi connectivity index (χ3v) is 4.06. The summed E-state index contributed by atoms with van der Waals surface area (Å²) < 4.78 is 0. The number of hydrogen-bond donors (Lipinski definition) is 1. The highest BCUT2D eigenvalue weighted by molar-refractivity contribution is 6.35. The quantitative estimate of drug-likeness (QED) is 0.691. The lowest BCUT2D eigenvalue weighted by molar-refractivity contribution is 0.102. The number of amides is 1. The van der Waals surface area contributed by atoms with Crippen LogP contribution in [-0.2, 0) is 6.54 Å². The number of nitrogens with one attached hydrogen (secondary N) is 1. The Labute approximate surface area is 161 Å². The number of hydrogen-bond acceptors (Lipinski definition) is 4. The van der Waals surface area contributed by atoms with Crippen molar-refractivity contribution in [2.75, 3.05) is 17.3 Å². The Balaban J connectivity index is 1.67. The van der Waals surface area contributed by atoms with Crippen LogP contribution in [-0.4, -0.2) is 22.9 Å². The molecule has 26 heavy (non-hydrogen) atoms. The second-order valence-electron chi connectivity index (χ2n) is 5.73. The molecule has 0 fully saturated rings. The van der Waals surface area contributed by atoms with Crippen molar-refractivity contribution in [3.05, 3.63) is 82.1 Å². The molecule has 0 aliphatic carbocycles. The van der Waals surface area contributed by atoms with Crippen molar-refractivity contribution in [2.45, 2.75) is 6.54 Å². The molecule has 5 nitrogen and oxygen atoms in total. The van der Waals surface area contributed by atoms with Gasteiger partial charge < -0.3 is 10.2 Å². The van der Waals surface area contributed by atoms with Crippen LogP contribution in [0.25, 0.3) is 0 Å². The molecule has 0 saturated heterocycles. The van der Waals surface area contributed by atoms with Gasteiger partial charge in [-0.05, 0) is 23.8 Å². The van der Waals surface area contributed by atoms with Gasteiger partial charge in [0.1, 0.15) is 0 Å². The Hall–Kier alpha value is -2.63. The Bertz CT molecular complexity index is 881. The van der Waals surface area contributed by atoms with Crippen LogP contribution < -0.4 is 10.2 Å². The Morgan fingerprint density at radius 3 is 2.27 bits per heavy atom. The summed E-state index contributed by atoms with van der Waals surface area (Å²) in [5, 5.41) is 3.62. The molecule has 132 valence electrons. The predicted octanol–water partition coefficient (Wildman–Crippen LogP) is 4.67. The average molecular weight is 387 g/mol. The maximum Gasteiger partial charge on any atom is 0.258 e. The highest BCUT2D eigenvalue weighted by Gasteiger charge is 2.11. The summed E-state index contributed by atoms with van der Waals surface area (Å²) in [7, 11) is 1.90. The van der Waals surface area contributed by atoms with Crippen molar-refractivity contribution in [1.82, 2.24) is 9.97 Å². The second-order valence-corrected chi connectivity index (χ2v) is 6.60. The SMILES string of the molecule is CN(Cc1ccccc1)c1ncc(C(=O)Nc2cc(Cl)cc(Cl)c2)cn1. The lowest BCUT2D eigenvalue weighted by Gasteiger charge is -2.17. The molecule has 1 N–H and O–H groups in total. The molecule has 0 aliphatic heterocycles. The lowest BCUT2D eigenvalue weighted by atomic mass is 10.2. The van der Waals surface area contributed by atoms with E-state index in [1.165, 1.54) is 12.4 Å². The summed E-state index contributed by atoms with van der Waals surface area (Å²) in [5.41, 5.74) is 2.01. The van der Waals surface area contributed by atoms with E-state index in [2.05, 4.69) is 15.3 Å². The van der Waals surface area contributed by atoms with E-state index in [-0.39, 0.29) is 5.91 Å². The summed E-state index contributed by atoms with van der Waals surface area (Å²) in [6.07, 6.45) is 2.98. The van der Waals surface area contributed by atoms with Crippen LogP contribution in [0.4, 0.5) is 11.6 Å². The summed E-state index contributed by atoms with van der Waals surface area (Å²) >= 11 is 11.9. The van der Waals surface area contributed by atoms with Gasteiger partial charge in [0.2, 0.25) is 5.95 Å². The Kier molecular flexibility index (Phi) is 5.71. The van der Waals surface area contributed by atoms with E-state index in [0.29, 0.717) is 33.8 Å². The van der Waals surface area contributed by atoms with Gasteiger partial charge in [-0.15, -0.1) is 0 Å². The standard InChI is InChI=1S/C19H16Cl2N4O/c1-25(12-13-5-3-2-4-6-13)19-22-10-14(11-23-19)18(26)24-17-8-15(20)7-16(21)9-17/h2-11H,12H2,1H3,(H,24,26). The molecule has 0 aliphatic rings. The molecule has 1 heterocycles. The zero-order valence-electron chi connectivity index (χ0n) is 14.0. The summed E-state index contributed by atoms with van der Waals surface area (Å²) in [4.78, 5) is 22.8. The van der Waals surface area contributed by atoms with Gasteiger partial charge in [0.25, 0.3) is 5.91 Å². The molecule has 3 aromatic rings. The van der Waals surface area contributed by atoms with Crippen LogP contribution in [0.3, 0.4) is 0 Å². The summed E-state index contributed by atoms with van der Waals surface area (Å²) in [5.74, 6) is 0.205. The fourth-order valence-corrected chi connectivity index (χ4v) is 2.92. The topological polar surface area (TPSA) is 58.1 Å². The Morgan fingerprint density at radius 2 is 1.65 bits per heavy atom. The molecule has 0 saturated carbocycles. The first-order valence-corrected chi connectivity index (χ1v) is 8.61. The fourth-order valence-electron chi connectivity index (χ4n) is 2.39. The van der Waals surface area contributed by atoms with Crippen molar-refractivity contribution in [3.8, 4) is 0 Å². The highest BCUT2D eigenvalue weighted by Crippen LogP contribution is 2.23. The normalized spacial score (nSPS) is 10.4. The average Bonchev–Trinajstić information content (AvgIpc) is 2.62. The first-order chi connectivity index (χ1) is 12.5. The molecule has 0 bridgehead atoms. The molecular formula is C19H16Cl2N4O. The molecular weight excluding hydrogens is 371 g/mol. The molecule has 3 rings (SSSR count). The van der Waals surface area contributed by atoms with Crippen LogP contribution in [0.1, 0.15) is 15.9 Å². The van der Waals surface area contributed by atoms with Gasteiger partial charge >= 0.3 is 0 Å². The second kappa shape index (κ2) is 8.17. The van der Waals surface area contributed by atoms with Crippen molar-refractivity contribution in [1.29, 1.82) is 0 Å². The maximum absolute atomic E-state index is 12.3. The molecule has 0 atom stereocenters. The van der Waals surface area contributed by atoms with E-state index < -0.39 is 0 Å². The third kappa shape index (κ3) is 4.71. The highest BCUT2D eigenvalue weighted by atomic mass is 35.5. The van der Waals surface area contributed by atoms with Gasteiger partial charge in [0.05, 0.1) is 5.56 Å². The lowest BCUT2D eigenvalue weighted by Crippen LogP contribution is -2.20. The number of nitrogens with zero attached hydrogens (tertiary/aromatic N) is 3. The van der Waals surface area contributed by atoms with Gasteiger partial charge in [0.15, 0.2) is 0 Å². The van der Waals surface area contributed by atoms with E-state index in [1.807, 2.05) is 42.3 Å². The van der Waals surface area contributed by atoms with Crippen LogP contribution in [0.5, 0.6) is 0 Å². The molecule has 0 radical (unpaired) electrons. The molecule has 1 amide bonds. The molecule has 1 aromatic heterocycles. The van der Waals surface area contributed by atoms with Crippen LogP contribution >= 0.6 is 23.2 Å². The molecule has 2 aromatic carbocycles. The molecule has 7 heteroatoms. The van der Waals surface area contributed by atoms with Crippen molar-refractivity contribution in [2.24, 2.45) is 0 Å². The van der Waals surface area contributed by atoms with Gasteiger partial charge in [-0.2, -0.15) is 0 Å². The number of carbonyl (C=O) groups excluding carboxylic acids is 1. The minimum absolute atomic E-state index is 0.333. The largest absolute Gasteiger partial charge is 0.340 e. The third-order valence-electron chi connectivity index (χ3n) is 3.62. The molecule has 0 spiro atoms. The van der Waals surface area contributed by atoms with Crippen LogP contribution in [0.15, 0.2) is 60.9 Å². The number of anilines is 2. The number of benzene rings is 2. The Morgan fingerprint density at radius 1 is 1.04 bits per heavy atom. The van der Waals surface area contributed by atoms with Gasteiger partial charge in [-0.1, -0.05) is 53.5 Å². The van der Waals surface area contributed by atoms with E-state index in [0.717, 1.165) is 5.56 Å². The van der Waals surface area contributed by atoms with E-state index in [4.69, 9.17) is 23.2 Å². The van der Waals surface area contributed by atoms with E-state index >= 15 is 0 Å². The minimum atomic E-state index is -0.333. The van der Waals surface area contributed by atoms with E-state index in [9.17, 15) is 4.79 Å². The van der Waals surface area contributed by atoms with Gasteiger partial charge in [-0.3, -0.25) is 4.79 Å². The number of carbonyl (C=O) groups is 1. The molecule has 0 unspecified atom stereocenters. The summed E-state index contributed by atoms with van der Waals surface area (Å²) in [6, 6.07) is 14.9. The van der Waals surface area contributed by atoms with Crippen LogP contribution in [0, 0.1) is 0 Å². The van der Waals surface area contributed by atoms with E-state index in [1.54, 1.807) is 18.2 Å². The monoisotopic (exact) mass is 386 g/mol. The van der Waals surface area contributed by atoms with Crippen molar-refractivity contribution in [3.63, 3.8) is 0 Å². The number of halogens is 2. The number of rotatable bonds is 5. The fraction of sp³-hybridized carbons (Fsp3) is 0.105. The van der Waals surface area contributed by atoms with Gasteiger partial charge in [0, 0.05) is 41.7 Å². The number of aromatic nitrogens is 2. The minimum Gasteiger partial charge on any atom is -0.340 e.